The SMILES string of the molecule is CNc1nc(Cl)nc(N(CC2CC2)CC2CC2)n1. The van der Waals surface area contributed by atoms with E-state index in [1.807, 2.05) is 0 Å². The Morgan fingerprint density at radius 3 is 2.22 bits per heavy atom. The topological polar surface area (TPSA) is 53.9 Å². The van der Waals surface area contributed by atoms with Crippen molar-refractivity contribution in [2.75, 3.05) is 30.4 Å². The van der Waals surface area contributed by atoms with Crippen molar-refractivity contribution in [1.29, 1.82) is 0 Å². The highest BCUT2D eigenvalue weighted by atomic mass is 35.5. The molecule has 2 saturated carbocycles. The molecule has 0 aliphatic heterocycles. The van der Waals surface area contributed by atoms with Gasteiger partial charge < -0.3 is 10.2 Å². The summed E-state index contributed by atoms with van der Waals surface area (Å²) in [6, 6.07) is 0. The molecule has 1 heterocycles. The van der Waals surface area contributed by atoms with Gasteiger partial charge in [0.25, 0.3) is 0 Å². The first-order valence-electron chi connectivity index (χ1n) is 6.59. The fraction of sp³-hybridized carbons (Fsp3) is 0.750. The molecule has 18 heavy (non-hydrogen) atoms. The molecule has 1 N–H and O–H groups in total. The van der Waals surface area contributed by atoms with Gasteiger partial charge in [0.05, 0.1) is 0 Å². The van der Waals surface area contributed by atoms with Crippen LogP contribution in [0.5, 0.6) is 0 Å². The molecule has 3 rings (SSSR count). The van der Waals surface area contributed by atoms with Crippen molar-refractivity contribution in [2.24, 2.45) is 11.8 Å². The zero-order valence-electron chi connectivity index (χ0n) is 10.6. The van der Waals surface area contributed by atoms with Crippen LogP contribution in [0.4, 0.5) is 11.9 Å². The molecule has 0 atom stereocenters. The number of rotatable bonds is 6. The van der Waals surface area contributed by atoms with Gasteiger partial charge in [-0.25, -0.2) is 0 Å². The average Bonchev–Trinajstić information content (AvgIpc) is 3.22. The summed E-state index contributed by atoms with van der Waals surface area (Å²) in [5.41, 5.74) is 0. The Morgan fingerprint density at radius 2 is 1.72 bits per heavy atom. The molecule has 2 fully saturated rings. The van der Waals surface area contributed by atoms with Gasteiger partial charge >= 0.3 is 0 Å². The Labute approximate surface area is 112 Å². The maximum absolute atomic E-state index is 5.95. The molecule has 1 aromatic heterocycles. The summed E-state index contributed by atoms with van der Waals surface area (Å²) < 4.78 is 0. The number of nitrogens with one attached hydrogen (secondary N) is 1. The van der Waals surface area contributed by atoms with Crippen LogP contribution in [0.25, 0.3) is 0 Å². The molecule has 0 saturated heterocycles. The number of hydrogen-bond donors (Lipinski definition) is 1. The molecule has 98 valence electrons. The second-order valence-electron chi connectivity index (χ2n) is 5.27. The summed E-state index contributed by atoms with van der Waals surface area (Å²) in [5.74, 6) is 2.90. The van der Waals surface area contributed by atoms with Gasteiger partial charge in [-0.2, -0.15) is 15.0 Å². The van der Waals surface area contributed by atoms with Crippen molar-refractivity contribution in [1.82, 2.24) is 15.0 Å². The molecule has 0 bridgehead atoms. The maximum atomic E-state index is 5.95. The van der Waals surface area contributed by atoms with Crippen molar-refractivity contribution in [2.45, 2.75) is 25.7 Å². The van der Waals surface area contributed by atoms with E-state index in [4.69, 9.17) is 11.6 Å². The lowest BCUT2D eigenvalue weighted by Crippen LogP contribution is -2.30. The molecule has 0 amide bonds. The van der Waals surface area contributed by atoms with Crippen molar-refractivity contribution in [3.63, 3.8) is 0 Å². The third-order valence-electron chi connectivity index (χ3n) is 3.45. The summed E-state index contributed by atoms with van der Waals surface area (Å²) in [7, 11) is 1.79. The van der Waals surface area contributed by atoms with E-state index in [1.54, 1.807) is 7.05 Å². The van der Waals surface area contributed by atoms with Gasteiger partial charge in [0.15, 0.2) is 0 Å². The number of hydrogen-bond acceptors (Lipinski definition) is 5. The van der Waals surface area contributed by atoms with Crippen LogP contribution < -0.4 is 10.2 Å². The van der Waals surface area contributed by atoms with Crippen LogP contribution in [-0.4, -0.2) is 35.1 Å². The van der Waals surface area contributed by atoms with E-state index < -0.39 is 0 Å². The van der Waals surface area contributed by atoms with Crippen LogP contribution in [-0.2, 0) is 0 Å². The first-order chi connectivity index (χ1) is 8.74. The van der Waals surface area contributed by atoms with Gasteiger partial charge in [0, 0.05) is 20.1 Å². The molecule has 0 spiro atoms. The summed E-state index contributed by atoms with van der Waals surface area (Å²) in [4.78, 5) is 15.0. The van der Waals surface area contributed by atoms with Gasteiger partial charge in [0.2, 0.25) is 17.2 Å². The molecular formula is C12H18ClN5. The minimum atomic E-state index is 0.265. The van der Waals surface area contributed by atoms with Crippen LogP contribution in [0.1, 0.15) is 25.7 Å². The summed E-state index contributed by atoms with van der Waals surface area (Å²) in [6.07, 6.45) is 5.33. The van der Waals surface area contributed by atoms with Crippen molar-refractivity contribution in [3.8, 4) is 0 Å². The van der Waals surface area contributed by atoms with Crippen LogP contribution in [0.2, 0.25) is 5.28 Å². The largest absolute Gasteiger partial charge is 0.357 e. The van der Waals surface area contributed by atoms with Crippen molar-refractivity contribution >= 4 is 23.5 Å². The lowest BCUT2D eigenvalue weighted by Gasteiger charge is -2.22. The lowest BCUT2D eigenvalue weighted by atomic mass is 10.3. The van der Waals surface area contributed by atoms with Crippen LogP contribution in [0, 0.1) is 11.8 Å². The Hall–Kier alpha value is -1.10. The van der Waals surface area contributed by atoms with Gasteiger partial charge in [-0.3, -0.25) is 0 Å². The minimum absolute atomic E-state index is 0.265. The summed E-state index contributed by atoms with van der Waals surface area (Å²) >= 11 is 5.95. The number of nitrogens with zero attached hydrogens (tertiary/aromatic N) is 4. The normalized spacial score (nSPS) is 18.8. The van der Waals surface area contributed by atoms with Gasteiger partial charge in [0.1, 0.15) is 0 Å². The third kappa shape index (κ3) is 3.02. The molecule has 6 heteroatoms. The molecule has 1 aromatic rings. The Morgan fingerprint density at radius 1 is 1.11 bits per heavy atom. The molecule has 0 aromatic carbocycles. The maximum Gasteiger partial charge on any atom is 0.231 e. The second-order valence-corrected chi connectivity index (χ2v) is 5.61. The van der Waals surface area contributed by atoms with Crippen LogP contribution in [0.15, 0.2) is 0 Å². The fourth-order valence-electron chi connectivity index (χ4n) is 2.05. The first-order valence-corrected chi connectivity index (χ1v) is 6.96. The fourth-order valence-corrected chi connectivity index (χ4v) is 2.21. The van der Waals surface area contributed by atoms with E-state index in [1.165, 1.54) is 25.7 Å². The standard InChI is InChI=1S/C12H18ClN5/c1-14-11-15-10(13)16-12(17-11)18(6-8-2-3-8)7-9-4-5-9/h8-9H,2-7H2,1H3,(H,14,15,16,17). The van der Waals surface area contributed by atoms with E-state index in [0.29, 0.717) is 5.95 Å². The number of anilines is 2. The predicted octanol–water partition coefficient (Wildman–Crippen LogP) is 2.19. The first kappa shape index (κ1) is 12.0. The second kappa shape index (κ2) is 4.88. The zero-order chi connectivity index (χ0) is 12.5. The minimum Gasteiger partial charge on any atom is -0.357 e. The molecular weight excluding hydrogens is 250 g/mol. The Bertz CT molecular complexity index is 416. The molecule has 0 radical (unpaired) electrons. The lowest BCUT2D eigenvalue weighted by molar-refractivity contribution is 0.660. The zero-order valence-corrected chi connectivity index (χ0v) is 11.3. The predicted molar refractivity (Wildman–Crippen MR) is 72.0 cm³/mol. The van der Waals surface area contributed by atoms with Gasteiger partial charge in [-0.15, -0.1) is 0 Å². The quantitative estimate of drug-likeness (QED) is 0.856. The molecule has 5 nitrogen and oxygen atoms in total. The van der Waals surface area contributed by atoms with E-state index >= 15 is 0 Å². The van der Waals surface area contributed by atoms with Crippen LogP contribution >= 0.6 is 11.6 Å². The molecule has 0 unspecified atom stereocenters. The van der Waals surface area contributed by atoms with Crippen molar-refractivity contribution in [3.05, 3.63) is 5.28 Å². The highest BCUT2D eigenvalue weighted by molar-refractivity contribution is 6.28. The Balaban J connectivity index is 1.79. The molecule has 2 aliphatic carbocycles. The van der Waals surface area contributed by atoms with Crippen molar-refractivity contribution < 1.29 is 0 Å². The van der Waals surface area contributed by atoms with E-state index in [2.05, 4.69) is 25.2 Å². The van der Waals surface area contributed by atoms with E-state index in [9.17, 15) is 0 Å². The summed E-state index contributed by atoms with van der Waals surface area (Å²) in [5, 5.41) is 3.19. The van der Waals surface area contributed by atoms with E-state index in [-0.39, 0.29) is 5.28 Å². The smallest absolute Gasteiger partial charge is 0.231 e. The highest BCUT2D eigenvalue weighted by Gasteiger charge is 2.30. The Kier molecular flexibility index (Phi) is 3.24. The van der Waals surface area contributed by atoms with Gasteiger partial charge in [-0.1, -0.05) is 0 Å². The monoisotopic (exact) mass is 267 g/mol. The molecule has 2 aliphatic rings. The van der Waals surface area contributed by atoms with Gasteiger partial charge in [-0.05, 0) is 49.1 Å². The number of halogens is 1. The van der Waals surface area contributed by atoms with Crippen LogP contribution in [0.3, 0.4) is 0 Å². The number of aromatic nitrogens is 3. The average molecular weight is 268 g/mol. The summed E-state index contributed by atoms with van der Waals surface area (Å²) in [6.45, 7) is 2.11. The van der Waals surface area contributed by atoms with E-state index in [0.717, 1.165) is 30.9 Å². The highest BCUT2D eigenvalue weighted by Crippen LogP contribution is 2.35. The third-order valence-corrected chi connectivity index (χ3v) is 3.62.